The number of hydrogen-bond acceptors (Lipinski definition) is 4. The molecule has 3 fully saturated rings. The lowest BCUT2D eigenvalue weighted by molar-refractivity contribution is -0.121. The van der Waals surface area contributed by atoms with Crippen LogP contribution in [0.15, 0.2) is 0 Å². The fourth-order valence-electron chi connectivity index (χ4n) is 2.95. The first kappa shape index (κ1) is 14.8. The summed E-state index contributed by atoms with van der Waals surface area (Å²) in [4.78, 5) is 25.8. The molecule has 0 radical (unpaired) electrons. The molecule has 118 valence electrons. The van der Waals surface area contributed by atoms with Crippen LogP contribution in [0.2, 0.25) is 0 Å². The van der Waals surface area contributed by atoms with E-state index in [1.54, 1.807) is 0 Å². The maximum Gasteiger partial charge on any atom is 0.321 e. The van der Waals surface area contributed by atoms with Gasteiger partial charge < -0.3 is 10.6 Å². The Kier molecular flexibility index (Phi) is 4.75. The molecule has 0 aromatic carbocycles. The van der Waals surface area contributed by atoms with Crippen molar-refractivity contribution in [3.8, 4) is 0 Å². The van der Waals surface area contributed by atoms with Crippen molar-refractivity contribution < 1.29 is 9.59 Å². The molecule has 0 aromatic heterocycles. The van der Waals surface area contributed by atoms with Gasteiger partial charge in [0.1, 0.15) is 0 Å². The number of nitrogens with one attached hydrogen (secondary N) is 3. The van der Waals surface area contributed by atoms with Crippen molar-refractivity contribution in [1.29, 1.82) is 0 Å². The quantitative estimate of drug-likeness (QED) is 0.670. The van der Waals surface area contributed by atoms with E-state index in [0.717, 1.165) is 25.9 Å². The monoisotopic (exact) mass is 294 g/mol. The van der Waals surface area contributed by atoms with Crippen LogP contribution in [-0.2, 0) is 4.79 Å². The summed E-state index contributed by atoms with van der Waals surface area (Å²) < 4.78 is 0. The Morgan fingerprint density at radius 2 is 1.90 bits per heavy atom. The van der Waals surface area contributed by atoms with E-state index in [0.29, 0.717) is 18.6 Å². The van der Waals surface area contributed by atoms with E-state index in [1.165, 1.54) is 32.1 Å². The molecule has 1 atom stereocenters. The molecule has 3 aliphatic rings. The van der Waals surface area contributed by atoms with E-state index < -0.39 is 0 Å². The van der Waals surface area contributed by atoms with Gasteiger partial charge in [0.05, 0.1) is 6.54 Å². The first-order chi connectivity index (χ1) is 10.2. The number of nitrogens with zero attached hydrogens (tertiary/aromatic N) is 1. The van der Waals surface area contributed by atoms with Gasteiger partial charge in [0.2, 0.25) is 5.91 Å². The molecular weight excluding hydrogens is 268 g/mol. The highest BCUT2D eigenvalue weighted by Gasteiger charge is 2.32. The van der Waals surface area contributed by atoms with Gasteiger partial charge in [-0.1, -0.05) is 6.42 Å². The molecule has 3 N–H and O–H groups in total. The Balaban J connectivity index is 1.42. The maximum absolute atomic E-state index is 12.0. The molecule has 3 amide bonds. The van der Waals surface area contributed by atoms with Crippen LogP contribution in [0.1, 0.15) is 44.9 Å². The Morgan fingerprint density at radius 1 is 1.10 bits per heavy atom. The number of hydrogen-bond donors (Lipinski definition) is 3. The van der Waals surface area contributed by atoms with E-state index in [2.05, 4.69) is 20.9 Å². The van der Waals surface area contributed by atoms with Crippen LogP contribution in [0.5, 0.6) is 0 Å². The minimum Gasteiger partial charge on any atom is -0.335 e. The summed E-state index contributed by atoms with van der Waals surface area (Å²) in [6.07, 6.45) is 8.12. The summed E-state index contributed by atoms with van der Waals surface area (Å²) in [5.74, 6) is -0.184. The van der Waals surface area contributed by atoms with Crippen LogP contribution in [0, 0.1) is 0 Å². The van der Waals surface area contributed by atoms with Crippen molar-refractivity contribution >= 4 is 11.9 Å². The SMILES string of the molecule is O=C(CN(CC1CCCCN1)C1CC1)NC(=O)NC1CC1. The van der Waals surface area contributed by atoms with Gasteiger partial charge in [-0.15, -0.1) is 0 Å². The second-order valence-corrected chi connectivity index (χ2v) is 6.60. The second-order valence-electron chi connectivity index (χ2n) is 6.60. The van der Waals surface area contributed by atoms with Gasteiger partial charge in [0.25, 0.3) is 0 Å². The molecule has 2 saturated carbocycles. The molecule has 1 saturated heterocycles. The highest BCUT2D eigenvalue weighted by molar-refractivity contribution is 5.95. The zero-order valence-corrected chi connectivity index (χ0v) is 12.6. The van der Waals surface area contributed by atoms with E-state index in [4.69, 9.17) is 0 Å². The van der Waals surface area contributed by atoms with Crippen LogP contribution in [0.4, 0.5) is 4.79 Å². The van der Waals surface area contributed by atoms with E-state index >= 15 is 0 Å². The maximum atomic E-state index is 12.0. The number of piperidine rings is 1. The van der Waals surface area contributed by atoms with Gasteiger partial charge in [0, 0.05) is 24.7 Å². The van der Waals surface area contributed by atoms with Crippen molar-refractivity contribution in [3.63, 3.8) is 0 Å². The molecule has 0 spiro atoms. The van der Waals surface area contributed by atoms with E-state index in [9.17, 15) is 9.59 Å². The summed E-state index contributed by atoms with van der Waals surface area (Å²) in [5, 5.41) is 8.76. The predicted octanol–water partition coefficient (Wildman–Crippen LogP) is 0.581. The molecule has 0 bridgehead atoms. The lowest BCUT2D eigenvalue weighted by atomic mass is 10.0. The van der Waals surface area contributed by atoms with Crippen LogP contribution in [-0.4, -0.2) is 54.6 Å². The minimum absolute atomic E-state index is 0.184. The van der Waals surface area contributed by atoms with Gasteiger partial charge in [-0.05, 0) is 45.1 Å². The third kappa shape index (κ3) is 4.97. The predicted molar refractivity (Wildman–Crippen MR) is 79.9 cm³/mol. The summed E-state index contributed by atoms with van der Waals surface area (Å²) in [6, 6.07) is 0.969. The first-order valence-electron chi connectivity index (χ1n) is 8.28. The lowest BCUT2D eigenvalue weighted by Crippen LogP contribution is -2.49. The van der Waals surface area contributed by atoms with Crippen molar-refractivity contribution in [2.45, 2.75) is 63.1 Å². The largest absolute Gasteiger partial charge is 0.335 e. The smallest absolute Gasteiger partial charge is 0.321 e. The molecule has 21 heavy (non-hydrogen) atoms. The van der Waals surface area contributed by atoms with Gasteiger partial charge in [0.15, 0.2) is 0 Å². The van der Waals surface area contributed by atoms with Crippen LogP contribution >= 0.6 is 0 Å². The lowest BCUT2D eigenvalue weighted by Gasteiger charge is -2.30. The van der Waals surface area contributed by atoms with Crippen molar-refractivity contribution in [1.82, 2.24) is 20.9 Å². The molecule has 6 heteroatoms. The molecule has 1 heterocycles. The molecular formula is C15H26N4O2. The van der Waals surface area contributed by atoms with Crippen LogP contribution < -0.4 is 16.0 Å². The van der Waals surface area contributed by atoms with Crippen molar-refractivity contribution in [2.75, 3.05) is 19.6 Å². The number of urea groups is 1. The Morgan fingerprint density at radius 3 is 2.52 bits per heavy atom. The Labute approximate surface area is 126 Å². The topological polar surface area (TPSA) is 73.5 Å². The van der Waals surface area contributed by atoms with Crippen molar-refractivity contribution in [3.05, 3.63) is 0 Å². The first-order valence-corrected chi connectivity index (χ1v) is 8.28. The Bertz CT molecular complexity index is 387. The molecule has 2 aliphatic carbocycles. The van der Waals surface area contributed by atoms with E-state index in [-0.39, 0.29) is 18.0 Å². The normalized spacial score (nSPS) is 25.7. The fraction of sp³-hybridized carbons (Fsp3) is 0.867. The van der Waals surface area contributed by atoms with Crippen LogP contribution in [0.3, 0.4) is 0 Å². The molecule has 1 aliphatic heterocycles. The second kappa shape index (κ2) is 6.75. The fourth-order valence-corrected chi connectivity index (χ4v) is 2.95. The number of carbonyl (C=O) groups is 2. The Hall–Kier alpha value is -1.14. The number of rotatable bonds is 6. The van der Waals surface area contributed by atoms with Crippen LogP contribution in [0.25, 0.3) is 0 Å². The third-order valence-corrected chi connectivity index (χ3v) is 4.44. The molecule has 0 aromatic rings. The zero-order valence-electron chi connectivity index (χ0n) is 12.6. The van der Waals surface area contributed by atoms with Crippen molar-refractivity contribution in [2.24, 2.45) is 0 Å². The number of imide groups is 1. The number of carbonyl (C=O) groups excluding carboxylic acids is 2. The summed E-state index contributed by atoms with van der Waals surface area (Å²) in [7, 11) is 0. The van der Waals surface area contributed by atoms with Gasteiger partial charge in [-0.25, -0.2) is 4.79 Å². The van der Waals surface area contributed by atoms with Gasteiger partial charge >= 0.3 is 6.03 Å². The van der Waals surface area contributed by atoms with Gasteiger partial charge in [-0.3, -0.25) is 15.0 Å². The molecule has 3 rings (SSSR count). The summed E-state index contributed by atoms with van der Waals surface area (Å²) >= 11 is 0. The zero-order chi connectivity index (χ0) is 14.7. The summed E-state index contributed by atoms with van der Waals surface area (Å²) in [5.41, 5.74) is 0. The average Bonchev–Trinajstić information content (AvgIpc) is 3.33. The van der Waals surface area contributed by atoms with Gasteiger partial charge in [-0.2, -0.15) is 0 Å². The highest BCUT2D eigenvalue weighted by Crippen LogP contribution is 2.27. The third-order valence-electron chi connectivity index (χ3n) is 4.44. The molecule has 1 unspecified atom stereocenters. The molecule has 6 nitrogen and oxygen atoms in total. The van der Waals surface area contributed by atoms with E-state index in [1.807, 2.05) is 0 Å². The standard InChI is InChI=1S/C15H26N4O2/c20-14(18-15(21)17-11-4-5-11)10-19(13-6-7-13)9-12-3-1-2-8-16-12/h11-13,16H,1-10H2,(H2,17,18,20,21). The average molecular weight is 294 g/mol. The number of amides is 3. The summed E-state index contributed by atoms with van der Waals surface area (Å²) in [6.45, 7) is 2.34. The minimum atomic E-state index is -0.339. The highest BCUT2D eigenvalue weighted by atomic mass is 16.2.